The van der Waals surface area contributed by atoms with E-state index in [9.17, 15) is 4.79 Å². The zero-order valence-electron chi connectivity index (χ0n) is 11.9. The molecule has 6 heteroatoms. The second kappa shape index (κ2) is 7.17. The first kappa shape index (κ1) is 15.4. The van der Waals surface area contributed by atoms with Gasteiger partial charge in [0.05, 0.1) is 24.4 Å². The molecule has 0 spiro atoms. The van der Waals surface area contributed by atoms with Gasteiger partial charge in [0.2, 0.25) is 0 Å². The number of esters is 1. The SMILES string of the molecule is CCOC(=O)c1ccc(NCc2ccnc(C)n2)c(Br)c1. The van der Waals surface area contributed by atoms with Crippen LogP contribution < -0.4 is 5.32 Å². The molecular weight excluding hydrogens is 334 g/mol. The molecule has 0 aliphatic rings. The molecule has 0 saturated heterocycles. The molecule has 21 heavy (non-hydrogen) atoms. The van der Waals surface area contributed by atoms with Gasteiger partial charge >= 0.3 is 5.97 Å². The third-order valence-electron chi connectivity index (χ3n) is 2.77. The smallest absolute Gasteiger partial charge is 0.338 e. The highest BCUT2D eigenvalue weighted by atomic mass is 79.9. The third-order valence-corrected chi connectivity index (χ3v) is 3.43. The lowest BCUT2D eigenvalue weighted by molar-refractivity contribution is 0.0526. The Hall–Kier alpha value is -1.95. The molecule has 0 atom stereocenters. The first-order valence-corrected chi connectivity index (χ1v) is 7.38. The lowest BCUT2D eigenvalue weighted by atomic mass is 10.2. The molecule has 5 nitrogen and oxygen atoms in total. The fourth-order valence-electron chi connectivity index (χ4n) is 1.79. The van der Waals surface area contributed by atoms with Gasteiger partial charge in [-0.25, -0.2) is 14.8 Å². The minimum Gasteiger partial charge on any atom is -0.462 e. The van der Waals surface area contributed by atoms with Crippen molar-refractivity contribution in [3.05, 3.63) is 52.0 Å². The van der Waals surface area contributed by atoms with Crippen molar-refractivity contribution in [1.29, 1.82) is 0 Å². The van der Waals surface area contributed by atoms with Crippen LogP contribution in [0.25, 0.3) is 0 Å². The van der Waals surface area contributed by atoms with Gasteiger partial charge in [-0.1, -0.05) is 0 Å². The molecule has 1 aromatic heterocycles. The molecular formula is C15H16BrN3O2. The number of carbonyl (C=O) groups excluding carboxylic acids is 1. The zero-order chi connectivity index (χ0) is 15.2. The molecule has 0 aliphatic carbocycles. The van der Waals surface area contributed by atoms with Crippen LogP contribution in [0, 0.1) is 6.92 Å². The first-order valence-electron chi connectivity index (χ1n) is 6.59. The van der Waals surface area contributed by atoms with Crippen molar-refractivity contribution in [3.8, 4) is 0 Å². The number of aromatic nitrogens is 2. The van der Waals surface area contributed by atoms with Crippen LogP contribution in [0.15, 0.2) is 34.9 Å². The van der Waals surface area contributed by atoms with Gasteiger partial charge in [0.25, 0.3) is 0 Å². The van der Waals surface area contributed by atoms with E-state index >= 15 is 0 Å². The van der Waals surface area contributed by atoms with Crippen molar-refractivity contribution >= 4 is 27.6 Å². The highest BCUT2D eigenvalue weighted by Crippen LogP contribution is 2.24. The van der Waals surface area contributed by atoms with Crippen LogP contribution in [-0.4, -0.2) is 22.5 Å². The second-order valence-electron chi connectivity index (χ2n) is 4.36. The lowest BCUT2D eigenvalue weighted by Gasteiger charge is -2.10. The van der Waals surface area contributed by atoms with Crippen LogP contribution >= 0.6 is 15.9 Å². The van der Waals surface area contributed by atoms with Crippen LogP contribution in [0.5, 0.6) is 0 Å². The van der Waals surface area contributed by atoms with Crippen molar-refractivity contribution in [1.82, 2.24) is 9.97 Å². The van der Waals surface area contributed by atoms with Gasteiger partial charge in [0.1, 0.15) is 5.82 Å². The number of hydrogen-bond acceptors (Lipinski definition) is 5. The Balaban J connectivity index is 2.06. The fourth-order valence-corrected chi connectivity index (χ4v) is 2.31. The average molecular weight is 350 g/mol. The number of nitrogens with one attached hydrogen (secondary N) is 1. The zero-order valence-corrected chi connectivity index (χ0v) is 13.5. The van der Waals surface area contributed by atoms with E-state index in [0.29, 0.717) is 18.7 Å². The number of anilines is 1. The quantitative estimate of drug-likeness (QED) is 0.838. The van der Waals surface area contributed by atoms with Gasteiger partial charge in [-0.15, -0.1) is 0 Å². The molecule has 1 aromatic carbocycles. The molecule has 0 saturated carbocycles. The van der Waals surface area contributed by atoms with E-state index in [2.05, 4.69) is 31.2 Å². The molecule has 110 valence electrons. The van der Waals surface area contributed by atoms with Crippen LogP contribution in [0.3, 0.4) is 0 Å². The molecule has 0 aliphatic heterocycles. The Morgan fingerprint density at radius 2 is 2.19 bits per heavy atom. The van der Waals surface area contributed by atoms with Crippen molar-refractivity contribution in [2.24, 2.45) is 0 Å². The number of halogens is 1. The summed E-state index contributed by atoms with van der Waals surface area (Å²) in [5, 5.41) is 3.27. The van der Waals surface area contributed by atoms with Gasteiger partial charge in [0, 0.05) is 16.4 Å². The minimum atomic E-state index is -0.323. The van der Waals surface area contributed by atoms with Gasteiger partial charge in [-0.3, -0.25) is 0 Å². The number of hydrogen-bond donors (Lipinski definition) is 1. The highest BCUT2D eigenvalue weighted by molar-refractivity contribution is 9.10. The molecule has 0 unspecified atom stereocenters. The predicted molar refractivity (Wildman–Crippen MR) is 84.2 cm³/mol. The maximum Gasteiger partial charge on any atom is 0.338 e. The molecule has 2 rings (SSSR count). The Bertz CT molecular complexity index is 647. The van der Waals surface area contributed by atoms with Crippen LogP contribution in [0.2, 0.25) is 0 Å². The standard InChI is InChI=1S/C15H16BrN3O2/c1-3-21-15(20)11-4-5-14(13(16)8-11)18-9-12-6-7-17-10(2)19-12/h4-8,18H,3,9H2,1-2H3. The summed E-state index contributed by atoms with van der Waals surface area (Å²) in [5.74, 6) is 0.419. The van der Waals surface area contributed by atoms with Crippen LogP contribution in [0.4, 0.5) is 5.69 Å². The normalized spacial score (nSPS) is 10.2. The number of ether oxygens (including phenoxy) is 1. The summed E-state index contributed by atoms with van der Waals surface area (Å²) in [4.78, 5) is 20.0. The summed E-state index contributed by atoms with van der Waals surface area (Å²) in [6, 6.07) is 7.17. The number of aryl methyl sites for hydroxylation is 1. The highest BCUT2D eigenvalue weighted by Gasteiger charge is 2.09. The molecule has 2 aromatic rings. The Labute approximate surface area is 131 Å². The number of nitrogens with zero attached hydrogens (tertiary/aromatic N) is 2. The van der Waals surface area contributed by atoms with Crippen molar-refractivity contribution in [2.75, 3.05) is 11.9 Å². The van der Waals surface area contributed by atoms with Gasteiger partial charge in [-0.05, 0) is 54.0 Å². The van der Waals surface area contributed by atoms with E-state index in [4.69, 9.17) is 4.74 Å². The van der Waals surface area contributed by atoms with Crippen molar-refractivity contribution in [3.63, 3.8) is 0 Å². The lowest BCUT2D eigenvalue weighted by Crippen LogP contribution is -2.06. The predicted octanol–water partition coefficient (Wildman–Crippen LogP) is 3.34. The molecule has 0 fully saturated rings. The topological polar surface area (TPSA) is 64.1 Å². The average Bonchev–Trinajstić information content (AvgIpc) is 2.46. The van der Waals surface area contributed by atoms with Crippen LogP contribution in [0.1, 0.15) is 28.8 Å². The second-order valence-corrected chi connectivity index (χ2v) is 5.22. The molecule has 0 amide bonds. The maximum absolute atomic E-state index is 11.6. The summed E-state index contributed by atoms with van der Waals surface area (Å²) in [5.41, 5.74) is 2.32. The van der Waals surface area contributed by atoms with E-state index in [1.54, 1.807) is 25.3 Å². The maximum atomic E-state index is 11.6. The van der Waals surface area contributed by atoms with E-state index < -0.39 is 0 Å². The van der Waals surface area contributed by atoms with Gasteiger partial charge < -0.3 is 10.1 Å². The summed E-state index contributed by atoms with van der Waals surface area (Å²) in [6.07, 6.45) is 1.73. The monoisotopic (exact) mass is 349 g/mol. The fraction of sp³-hybridized carbons (Fsp3) is 0.267. The minimum absolute atomic E-state index is 0.323. The first-order chi connectivity index (χ1) is 10.1. The molecule has 0 bridgehead atoms. The Morgan fingerprint density at radius 1 is 1.38 bits per heavy atom. The number of benzene rings is 1. The number of rotatable bonds is 5. The third kappa shape index (κ3) is 4.26. The Morgan fingerprint density at radius 3 is 2.86 bits per heavy atom. The van der Waals surface area contributed by atoms with E-state index in [0.717, 1.165) is 21.7 Å². The van der Waals surface area contributed by atoms with E-state index in [1.165, 1.54) is 0 Å². The van der Waals surface area contributed by atoms with E-state index in [-0.39, 0.29) is 5.97 Å². The summed E-state index contributed by atoms with van der Waals surface area (Å²) < 4.78 is 5.77. The Kier molecular flexibility index (Phi) is 5.27. The van der Waals surface area contributed by atoms with Crippen LogP contribution in [-0.2, 0) is 11.3 Å². The molecule has 1 heterocycles. The van der Waals surface area contributed by atoms with Gasteiger partial charge in [-0.2, -0.15) is 0 Å². The summed E-state index contributed by atoms with van der Waals surface area (Å²) in [6.45, 7) is 4.59. The van der Waals surface area contributed by atoms with Crippen molar-refractivity contribution in [2.45, 2.75) is 20.4 Å². The molecule has 1 N–H and O–H groups in total. The van der Waals surface area contributed by atoms with Gasteiger partial charge in [0.15, 0.2) is 0 Å². The summed E-state index contributed by atoms with van der Waals surface area (Å²) >= 11 is 3.45. The van der Waals surface area contributed by atoms with E-state index in [1.807, 2.05) is 19.1 Å². The summed E-state index contributed by atoms with van der Waals surface area (Å²) in [7, 11) is 0. The number of carbonyl (C=O) groups is 1. The molecule has 0 radical (unpaired) electrons. The van der Waals surface area contributed by atoms with Crippen molar-refractivity contribution < 1.29 is 9.53 Å². The largest absolute Gasteiger partial charge is 0.462 e.